The Kier molecular flexibility index (Phi) is 4.71. The van der Waals surface area contributed by atoms with Crippen LogP contribution in [0.1, 0.15) is 22.5 Å². The van der Waals surface area contributed by atoms with Crippen molar-refractivity contribution in [3.05, 3.63) is 82.7 Å². The lowest BCUT2D eigenvalue weighted by Crippen LogP contribution is -2.14. The molecule has 3 rings (SSSR count). The number of hydrogen-bond donors (Lipinski definition) is 1. The van der Waals surface area contributed by atoms with Crippen LogP contribution in [-0.4, -0.2) is 9.78 Å². The lowest BCUT2D eigenvalue weighted by Gasteiger charge is -2.07. The number of halogens is 2. The van der Waals surface area contributed by atoms with E-state index in [2.05, 4.69) is 10.4 Å². The maximum Gasteiger partial charge on any atom is 0.126 e. The standard InChI is InChI=1S/C19H19F2N3/c1-13-19(12-22-11-15-8-16(20)10-17(21)9-15)14(2)24(23-13)18-6-4-3-5-7-18/h3-10,22H,11-12H2,1-2H3. The van der Waals surface area contributed by atoms with Gasteiger partial charge in [-0.3, -0.25) is 0 Å². The van der Waals surface area contributed by atoms with Crippen molar-refractivity contribution in [1.29, 1.82) is 0 Å². The summed E-state index contributed by atoms with van der Waals surface area (Å²) in [5.41, 5.74) is 4.68. The van der Waals surface area contributed by atoms with Gasteiger partial charge >= 0.3 is 0 Å². The number of para-hydroxylation sites is 1. The fourth-order valence-corrected chi connectivity index (χ4v) is 2.80. The van der Waals surface area contributed by atoms with E-state index in [1.807, 2.05) is 48.9 Å². The zero-order valence-electron chi connectivity index (χ0n) is 13.7. The zero-order valence-corrected chi connectivity index (χ0v) is 13.7. The zero-order chi connectivity index (χ0) is 17.1. The van der Waals surface area contributed by atoms with Gasteiger partial charge in [0.2, 0.25) is 0 Å². The highest BCUT2D eigenvalue weighted by Gasteiger charge is 2.12. The number of nitrogens with one attached hydrogen (secondary N) is 1. The smallest absolute Gasteiger partial charge is 0.126 e. The molecule has 2 aromatic carbocycles. The Bertz CT molecular complexity index is 821. The third-order valence-corrected chi connectivity index (χ3v) is 4.00. The molecule has 1 heterocycles. The molecule has 0 aliphatic rings. The van der Waals surface area contributed by atoms with Gasteiger partial charge in [-0.1, -0.05) is 18.2 Å². The molecule has 5 heteroatoms. The van der Waals surface area contributed by atoms with E-state index in [1.165, 1.54) is 12.1 Å². The van der Waals surface area contributed by atoms with Crippen LogP contribution in [0.15, 0.2) is 48.5 Å². The lowest BCUT2D eigenvalue weighted by atomic mass is 10.1. The van der Waals surface area contributed by atoms with E-state index in [-0.39, 0.29) is 0 Å². The molecule has 0 fully saturated rings. The van der Waals surface area contributed by atoms with Crippen molar-refractivity contribution < 1.29 is 8.78 Å². The van der Waals surface area contributed by atoms with E-state index in [4.69, 9.17) is 0 Å². The second-order valence-electron chi connectivity index (χ2n) is 5.78. The fraction of sp³-hybridized carbons (Fsp3) is 0.211. The Morgan fingerprint density at radius 3 is 2.29 bits per heavy atom. The molecule has 1 aromatic heterocycles. The third-order valence-electron chi connectivity index (χ3n) is 4.00. The van der Waals surface area contributed by atoms with Gasteiger partial charge in [0.25, 0.3) is 0 Å². The Morgan fingerprint density at radius 1 is 0.958 bits per heavy atom. The number of aryl methyl sites for hydroxylation is 1. The normalized spacial score (nSPS) is 11.0. The molecule has 1 N–H and O–H groups in total. The Hall–Kier alpha value is -2.53. The summed E-state index contributed by atoms with van der Waals surface area (Å²) in [4.78, 5) is 0. The Balaban J connectivity index is 1.73. The first-order chi connectivity index (χ1) is 11.5. The average Bonchev–Trinajstić information content (AvgIpc) is 2.83. The molecule has 3 aromatic rings. The Labute approximate surface area is 139 Å². The minimum Gasteiger partial charge on any atom is -0.308 e. The van der Waals surface area contributed by atoms with Crippen molar-refractivity contribution in [2.75, 3.05) is 0 Å². The van der Waals surface area contributed by atoms with Crippen molar-refractivity contribution in [3.63, 3.8) is 0 Å². The molecule has 124 valence electrons. The van der Waals surface area contributed by atoms with E-state index >= 15 is 0 Å². The van der Waals surface area contributed by atoms with E-state index < -0.39 is 11.6 Å². The summed E-state index contributed by atoms with van der Waals surface area (Å²) in [5.74, 6) is -1.12. The summed E-state index contributed by atoms with van der Waals surface area (Å²) < 4.78 is 28.3. The predicted octanol–water partition coefficient (Wildman–Crippen LogP) is 4.06. The molecular formula is C19H19F2N3. The number of benzene rings is 2. The van der Waals surface area contributed by atoms with Gasteiger partial charge in [0.1, 0.15) is 11.6 Å². The molecule has 0 aliphatic heterocycles. The highest BCUT2D eigenvalue weighted by molar-refractivity contribution is 5.36. The maximum atomic E-state index is 13.2. The molecule has 0 radical (unpaired) electrons. The minimum absolute atomic E-state index is 0.393. The highest BCUT2D eigenvalue weighted by atomic mass is 19.1. The molecule has 24 heavy (non-hydrogen) atoms. The molecule has 0 bridgehead atoms. The van der Waals surface area contributed by atoms with Crippen LogP contribution in [0.25, 0.3) is 5.69 Å². The third kappa shape index (κ3) is 3.51. The first kappa shape index (κ1) is 16.3. The van der Waals surface area contributed by atoms with Gasteiger partial charge in [-0.15, -0.1) is 0 Å². The van der Waals surface area contributed by atoms with Gasteiger partial charge in [-0.25, -0.2) is 13.5 Å². The van der Waals surface area contributed by atoms with Crippen LogP contribution in [-0.2, 0) is 13.1 Å². The summed E-state index contributed by atoms with van der Waals surface area (Å²) >= 11 is 0. The molecule has 0 spiro atoms. The fourth-order valence-electron chi connectivity index (χ4n) is 2.80. The van der Waals surface area contributed by atoms with Gasteiger partial charge in [-0.05, 0) is 43.7 Å². The largest absolute Gasteiger partial charge is 0.308 e. The van der Waals surface area contributed by atoms with Crippen LogP contribution in [0.2, 0.25) is 0 Å². The molecular weight excluding hydrogens is 308 g/mol. The van der Waals surface area contributed by atoms with E-state index in [0.29, 0.717) is 18.7 Å². The van der Waals surface area contributed by atoms with Gasteiger partial charge in [0.05, 0.1) is 11.4 Å². The van der Waals surface area contributed by atoms with Gasteiger partial charge in [0.15, 0.2) is 0 Å². The SMILES string of the molecule is Cc1nn(-c2ccccc2)c(C)c1CNCc1cc(F)cc(F)c1. The number of nitrogens with zero attached hydrogens (tertiary/aromatic N) is 2. The molecule has 0 amide bonds. The summed E-state index contributed by atoms with van der Waals surface area (Å²) in [5, 5.41) is 7.82. The van der Waals surface area contributed by atoms with Crippen molar-refractivity contribution in [1.82, 2.24) is 15.1 Å². The van der Waals surface area contributed by atoms with E-state index in [0.717, 1.165) is 28.7 Å². The summed E-state index contributed by atoms with van der Waals surface area (Å²) in [7, 11) is 0. The van der Waals surface area contributed by atoms with Crippen molar-refractivity contribution in [2.24, 2.45) is 0 Å². The molecule has 0 unspecified atom stereocenters. The molecule has 3 nitrogen and oxygen atoms in total. The van der Waals surface area contributed by atoms with Crippen LogP contribution >= 0.6 is 0 Å². The number of aromatic nitrogens is 2. The second-order valence-corrected chi connectivity index (χ2v) is 5.78. The van der Waals surface area contributed by atoms with Crippen molar-refractivity contribution in [2.45, 2.75) is 26.9 Å². The van der Waals surface area contributed by atoms with Crippen molar-refractivity contribution in [3.8, 4) is 5.69 Å². The maximum absolute atomic E-state index is 13.2. The quantitative estimate of drug-likeness (QED) is 0.766. The first-order valence-electron chi connectivity index (χ1n) is 7.81. The van der Waals surface area contributed by atoms with Crippen LogP contribution in [0, 0.1) is 25.5 Å². The van der Waals surface area contributed by atoms with Crippen molar-refractivity contribution >= 4 is 0 Å². The highest BCUT2D eigenvalue weighted by Crippen LogP contribution is 2.18. The summed E-state index contributed by atoms with van der Waals surface area (Å²) in [6, 6.07) is 13.5. The molecule has 0 aliphatic carbocycles. The monoisotopic (exact) mass is 327 g/mol. The van der Waals surface area contributed by atoms with Gasteiger partial charge in [-0.2, -0.15) is 5.10 Å². The summed E-state index contributed by atoms with van der Waals surface area (Å²) in [6.45, 7) is 4.96. The van der Waals surface area contributed by atoms with Crippen LogP contribution in [0.5, 0.6) is 0 Å². The molecule has 0 atom stereocenters. The summed E-state index contributed by atoms with van der Waals surface area (Å²) in [6.07, 6.45) is 0. The minimum atomic E-state index is -0.559. The number of rotatable bonds is 5. The van der Waals surface area contributed by atoms with E-state index in [9.17, 15) is 8.78 Å². The predicted molar refractivity (Wildman–Crippen MR) is 89.9 cm³/mol. The molecule has 0 saturated heterocycles. The van der Waals surface area contributed by atoms with Crippen LogP contribution in [0.3, 0.4) is 0 Å². The second kappa shape index (κ2) is 6.93. The van der Waals surface area contributed by atoms with Crippen LogP contribution < -0.4 is 5.32 Å². The van der Waals surface area contributed by atoms with Gasteiger partial charge < -0.3 is 5.32 Å². The van der Waals surface area contributed by atoms with Crippen LogP contribution in [0.4, 0.5) is 8.78 Å². The average molecular weight is 327 g/mol. The van der Waals surface area contributed by atoms with Gasteiger partial charge in [0, 0.05) is 30.4 Å². The number of hydrogen-bond acceptors (Lipinski definition) is 2. The lowest BCUT2D eigenvalue weighted by molar-refractivity contribution is 0.575. The Morgan fingerprint density at radius 2 is 1.62 bits per heavy atom. The van der Waals surface area contributed by atoms with E-state index in [1.54, 1.807) is 0 Å². The molecule has 0 saturated carbocycles. The first-order valence-corrected chi connectivity index (χ1v) is 7.81. The topological polar surface area (TPSA) is 29.9 Å².